The van der Waals surface area contributed by atoms with Crippen molar-refractivity contribution in [3.63, 3.8) is 0 Å². The number of benzene rings is 2. The summed E-state index contributed by atoms with van der Waals surface area (Å²) in [4.78, 5) is 57.7. The molecular weight excluding hydrogens is 558 g/mol. The van der Waals surface area contributed by atoms with E-state index in [1.165, 1.54) is 16.3 Å². The summed E-state index contributed by atoms with van der Waals surface area (Å²) in [5.41, 5.74) is 2.52. The molecule has 0 bridgehead atoms. The number of nitrogens with zero attached hydrogens (tertiary/aromatic N) is 4. The number of piperazine rings is 1. The summed E-state index contributed by atoms with van der Waals surface area (Å²) in [6.45, 7) is 2.13. The van der Waals surface area contributed by atoms with Crippen molar-refractivity contribution in [1.82, 2.24) is 15.1 Å². The second-order valence-electron chi connectivity index (χ2n) is 10.0. The molecule has 1 atom stereocenters. The molecule has 1 saturated heterocycles. The van der Waals surface area contributed by atoms with E-state index in [1.54, 1.807) is 36.7 Å². The number of anilines is 1. The van der Waals surface area contributed by atoms with Gasteiger partial charge in [0.15, 0.2) is 29.8 Å². The molecule has 3 aliphatic rings. The maximum atomic E-state index is 13.5. The Hall–Kier alpha value is -4.32. The SMILES string of the molecule is COc1ccc(CCNC(=O)CN2C(=O)C3SC=CC3=[N+](CC(=O)N3CCN(c4ccccc4)CC3)C2=O)cc1OC. The molecule has 3 heterocycles. The predicted octanol–water partition coefficient (Wildman–Crippen LogP) is 1.76. The smallest absolute Gasteiger partial charge is 0.493 e. The van der Waals surface area contributed by atoms with Gasteiger partial charge < -0.3 is 24.6 Å². The average molecular weight is 593 g/mol. The number of methoxy groups -OCH3 is 2. The van der Waals surface area contributed by atoms with Gasteiger partial charge in [0, 0.05) is 38.4 Å². The van der Waals surface area contributed by atoms with Gasteiger partial charge in [-0.1, -0.05) is 24.3 Å². The van der Waals surface area contributed by atoms with Crippen LogP contribution in [-0.4, -0.2) is 109 Å². The molecule has 1 fully saturated rings. The number of imide groups is 1. The van der Waals surface area contributed by atoms with Gasteiger partial charge >= 0.3 is 11.9 Å². The Balaban J connectivity index is 1.18. The molecule has 0 aromatic heterocycles. The number of thioether (sulfide) groups is 1. The first-order valence-corrected chi connectivity index (χ1v) is 14.7. The van der Waals surface area contributed by atoms with Crippen LogP contribution in [0.4, 0.5) is 10.5 Å². The quantitative estimate of drug-likeness (QED) is 0.416. The Morgan fingerprint density at radius 1 is 1.00 bits per heavy atom. The maximum absolute atomic E-state index is 13.5. The molecule has 11 nitrogen and oxygen atoms in total. The van der Waals surface area contributed by atoms with Gasteiger partial charge in [0.05, 0.1) is 14.2 Å². The van der Waals surface area contributed by atoms with Crippen molar-refractivity contribution >= 4 is 46.9 Å². The summed E-state index contributed by atoms with van der Waals surface area (Å²) in [6, 6.07) is 14.9. The van der Waals surface area contributed by atoms with Crippen LogP contribution in [0.2, 0.25) is 0 Å². The fraction of sp³-hybridized carbons (Fsp3) is 0.367. The van der Waals surface area contributed by atoms with Crippen molar-refractivity contribution < 1.29 is 33.2 Å². The minimum Gasteiger partial charge on any atom is -0.493 e. The molecular formula is C30H34N5O6S+. The van der Waals surface area contributed by atoms with E-state index in [9.17, 15) is 19.2 Å². The monoisotopic (exact) mass is 592 g/mol. The first-order valence-electron chi connectivity index (χ1n) is 13.8. The number of allylic oxidation sites excluding steroid dienone is 1. The summed E-state index contributed by atoms with van der Waals surface area (Å²) in [7, 11) is 3.12. The van der Waals surface area contributed by atoms with Gasteiger partial charge in [-0.2, -0.15) is 9.37 Å². The molecule has 2 aromatic carbocycles. The van der Waals surface area contributed by atoms with Crippen LogP contribution in [0.3, 0.4) is 0 Å². The van der Waals surface area contributed by atoms with Crippen LogP contribution >= 0.6 is 11.8 Å². The van der Waals surface area contributed by atoms with Gasteiger partial charge in [0.2, 0.25) is 0 Å². The number of ether oxygens (including phenoxy) is 2. The lowest BCUT2D eigenvalue weighted by atomic mass is 10.1. The molecule has 0 saturated carbocycles. The number of carbonyl (C=O) groups is 4. The third kappa shape index (κ3) is 6.28. The van der Waals surface area contributed by atoms with Gasteiger partial charge in [-0.15, -0.1) is 16.7 Å². The van der Waals surface area contributed by atoms with Crippen LogP contribution in [0.5, 0.6) is 11.5 Å². The Morgan fingerprint density at radius 2 is 1.74 bits per heavy atom. The summed E-state index contributed by atoms with van der Waals surface area (Å²) in [5, 5.41) is 3.87. The van der Waals surface area contributed by atoms with Gasteiger partial charge in [0.1, 0.15) is 5.71 Å². The van der Waals surface area contributed by atoms with Gasteiger partial charge in [-0.05, 0) is 47.7 Å². The van der Waals surface area contributed by atoms with Crippen molar-refractivity contribution in [3.05, 3.63) is 65.6 Å². The highest BCUT2D eigenvalue weighted by atomic mass is 32.2. The molecule has 0 radical (unpaired) electrons. The summed E-state index contributed by atoms with van der Waals surface area (Å²) in [6.07, 6.45) is 2.22. The molecule has 0 aliphatic carbocycles. The van der Waals surface area contributed by atoms with E-state index in [-0.39, 0.29) is 12.5 Å². The molecule has 5 rings (SSSR count). The summed E-state index contributed by atoms with van der Waals surface area (Å²) in [5.74, 6) is 0.0926. The van der Waals surface area contributed by atoms with Gasteiger partial charge in [-0.3, -0.25) is 9.59 Å². The normalized spacial score (nSPS) is 18.3. The van der Waals surface area contributed by atoms with E-state index in [2.05, 4.69) is 10.2 Å². The third-order valence-electron chi connectivity index (χ3n) is 7.52. The fourth-order valence-electron chi connectivity index (χ4n) is 5.23. The number of fused-ring (bicyclic) bond motifs is 1. The lowest BCUT2D eigenvalue weighted by Gasteiger charge is -2.36. The zero-order chi connectivity index (χ0) is 29.6. The van der Waals surface area contributed by atoms with E-state index < -0.39 is 29.6 Å². The van der Waals surface area contributed by atoms with Crippen molar-refractivity contribution in [1.29, 1.82) is 0 Å². The Bertz CT molecular complexity index is 1420. The topological polar surface area (TPSA) is 111 Å². The number of para-hydroxylation sites is 1. The predicted molar refractivity (Wildman–Crippen MR) is 159 cm³/mol. The summed E-state index contributed by atoms with van der Waals surface area (Å²) >= 11 is 1.27. The van der Waals surface area contributed by atoms with Crippen LogP contribution in [0.15, 0.2) is 60.0 Å². The Labute approximate surface area is 248 Å². The maximum Gasteiger partial charge on any atom is 0.501 e. The van der Waals surface area contributed by atoms with E-state index >= 15 is 0 Å². The highest BCUT2D eigenvalue weighted by Crippen LogP contribution is 2.29. The standard InChI is InChI=1S/C30H33N5O6S/c1-40-24-9-8-21(18-25(24)41-2)10-12-31-26(36)19-35-29(38)28-23(11-17-42-28)34(30(35)39)20-27(37)33-15-13-32(14-16-33)22-6-4-3-5-7-22/h3-9,11,17-18,28H,10,12-16,19-20H2,1-2H3/p+1. The molecule has 1 N–H and O–H groups in total. The first kappa shape index (κ1) is 29.2. The zero-order valence-electron chi connectivity index (χ0n) is 23.7. The molecule has 2 aromatic rings. The van der Waals surface area contributed by atoms with Gasteiger partial charge in [-0.25, -0.2) is 4.79 Å². The number of urea groups is 1. The second-order valence-corrected chi connectivity index (χ2v) is 11.0. The van der Waals surface area contributed by atoms with Crippen molar-refractivity contribution in [2.24, 2.45) is 0 Å². The Kier molecular flexibility index (Phi) is 9.11. The molecule has 12 heteroatoms. The highest BCUT2D eigenvalue weighted by Gasteiger charge is 2.50. The number of nitrogens with one attached hydrogen (secondary N) is 1. The molecule has 42 heavy (non-hydrogen) atoms. The molecule has 3 aliphatic heterocycles. The van der Waals surface area contributed by atoms with Crippen LogP contribution < -0.4 is 19.7 Å². The van der Waals surface area contributed by atoms with E-state index in [1.807, 2.05) is 42.5 Å². The number of carbonyl (C=O) groups excluding carboxylic acids is 4. The lowest BCUT2D eigenvalue weighted by Crippen LogP contribution is -2.59. The van der Waals surface area contributed by atoms with Crippen LogP contribution in [0.25, 0.3) is 0 Å². The van der Waals surface area contributed by atoms with E-state index in [0.717, 1.165) is 16.2 Å². The largest absolute Gasteiger partial charge is 0.501 e. The number of amides is 5. The number of hydrogen-bond donors (Lipinski definition) is 1. The van der Waals surface area contributed by atoms with Gasteiger partial charge in [0.25, 0.3) is 11.8 Å². The summed E-state index contributed by atoms with van der Waals surface area (Å²) < 4.78 is 11.9. The zero-order valence-corrected chi connectivity index (χ0v) is 24.5. The molecule has 1 unspecified atom stereocenters. The minimum atomic E-state index is -0.662. The molecule has 0 spiro atoms. The van der Waals surface area contributed by atoms with Crippen molar-refractivity contribution in [2.75, 3.05) is 64.9 Å². The first-order chi connectivity index (χ1) is 20.4. The van der Waals surface area contributed by atoms with Crippen molar-refractivity contribution in [2.45, 2.75) is 11.7 Å². The average Bonchev–Trinajstić information content (AvgIpc) is 3.52. The minimum absolute atomic E-state index is 0.189. The van der Waals surface area contributed by atoms with Crippen molar-refractivity contribution in [3.8, 4) is 11.5 Å². The third-order valence-corrected chi connectivity index (χ3v) is 8.53. The lowest BCUT2D eigenvalue weighted by molar-refractivity contribution is -0.427. The van der Waals surface area contributed by atoms with Crippen LogP contribution in [-0.2, 0) is 20.8 Å². The molecule has 5 amide bonds. The molecule has 220 valence electrons. The van der Waals surface area contributed by atoms with E-state index in [0.29, 0.717) is 56.4 Å². The Morgan fingerprint density at radius 3 is 2.45 bits per heavy atom. The number of hydrogen-bond acceptors (Lipinski definition) is 8. The fourth-order valence-corrected chi connectivity index (χ4v) is 6.19. The van der Waals surface area contributed by atoms with E-state index in [4.69, 9.17) is 9.47 Å². The second kappa shape index (κ2) is 13.1. The van der Waals surface area contributed by atoms with Crippen LogP contribution in [0.1, 0.15) is 5.56 Å². The van der Waals surface area contributed by atoms with Crippen LogP contribution in [0, 0.1) is 0 Å². The number of rotatable bonds is 10. The highest BCUT2D eigenvalue weighted by molar-refractivity contribution is 8.04.